The van der Waals surface area contributed by atoms with Crippen molar-refractivity contribution in [1.82, 2.24) is 10.3 Å². The summed E-state index contributed by atoms with van der Waals surface area (Å²) in [4.78, 5) is 16.5. The van der Waals surface area contributed by atoms with E-state index in [1.807, 2.05) is 36.4 Å². The zero-order valence-corrected chi connectivity index (χ0v) is 15.1. The highest BCUT2D eigenvalue weighted by Gasteiger charge is 2.21. The molecule has 2 N–H and O–H groups in total. The molecule has 3 aromatic rings. The fraction of sp³-hybridized carbons (Fsp3) is 0.348. The highest BCUT2D eigenvalue weighted by Crippen LogP contribution is 2.32. The van der Waals surface area contributed by atoms with Gasteiger partial charge in [-0.1, -0.05) is 80.6 Å². The highest BCUT2D eigenvalue weighted by atomic mass is 16.1. The van der Waals surface area contributed by atoms with E-state index < -0.39 is 0 Å². The Hall–Kier alpha value is -2.55. The van der Waals surface area contributed by atoms with Gasteiger partial charge in [-0.05, 0) is 24.5 Å². The number of fused-ring (bicyclic) bond motifs is 1. The lowest BCUT2D eigenvalue weighted by Crippen LogP contribution is -2.35. The summed E-state index contributed by atoms with van der Waals surface area (Å²) in [5.41, 5.74) is 3.77. The smallest absolute Gasteiger partial charge is 0.268 e. The van der Waals surface area contributed by atoms with Crippen LogP contribution in [0.1, 0.15) is 55.4 Å². The van der Waals surface area contributed by atoms with E-state index in [1.54, 1.807) is 0 Å². The number of amides is 1. The van der Waals surface area contributed by atoms with Gasteiger partial charge in [0.15, 0.2) is 0 Å². The van der Waals surface area contributed by atoms with E-state index in [-0.39, 0.29) is 11.9 Å². The molecular weight excluding hydrogens is 320 g/mol. The van der Waals surface area contributed by atoms with Crippen LogP contribution in [0.2, 0.25) is 0 Å². The lowest BCUT2D eigenvalue weighted by Gasteiger charge is -2.21. The minimum absolute atomic E-state index is 0.0191. The van der Waals surface area contributed by atoms with Crippen LogP contribution in [0.3, 0.4) is 0 Å². The first-order valence-corrected chi connectivity index (χ1v) is 9.80. The van der Waals surface area contributed by atoms with Crippen molar-refractivity contribution >= 4 is 16.8 Å². The largest absolute Gasteiger partial charge is 0.350 e. The molecule has 0 saturated heterocycles. The van der Waals surface area contributed by atoms with E-state index in [2.05, 4.69) is 28.5 Å². The van der Waals surface area contributed by atoms with Crippen molar-refractivity contribution in [2.45, 2.75) is 51.0 Å². The van der Waals surface area contributed by atoms with E-state index in [0.29, 0.717) is 5.69 Å². The molecule has 3 nitrogen and oxygen atoms in total. The molecule has 1 aliphatic rings. The third kappa shape index (κ3) is 3.52. The molecule has 0 atom stereocenters. The highest BCUT2D eigenvalue weighted by molar-refractivity contribution is 6.09. The van der Waals surface area contributed by atoms with Crippen molar-refractivity contribution in [2.75, 3.05) is 0 Å². The minimum atomic E-state index is 0.0191. The average Bonchev–Trinajstić information content (AvgIpc) is 3.04. The summed E-state index contributed by atoms with van der Waals surface area (Å²) in [5.74, 6) is 0.0191. The van der Waals surface area contributed by atoms with Gasteiger partial charge in [0.25, 0.3) is 5.91 Å². The van der Waals surface area contributed by atoms with Crippen LogP contribution in [0.5, 0.6) is 0 Å². The Bertz CT molecular complexity index is 874. The second kappa shape index (κ2) is 7.77. The van der Waals surface area contributed by atoms with E-state index in [4.69, 9.17) is 0 Å². The zero-order chi connectivity index (χ0) is 17.8. The summed E-state index contributed by atoms with van der Waals surface area (Å²) in [6, 6.07) is 18.6. The van der Waals surface area contributed by atoms with Crippen LogP contribution in [0.15, 0.2) is 54.6 Å². The van der Waals surface area contributed by atoms with E-state index in [9.17, 15) is 4.79 Å². The lowest BCUT2D eigenvalue weighted by molar-refractivity contribution is 0.0927. The maximum atomic E-state index is 13.1. The molecule has 1 aliphatic carbocycles. The number of aromatic amines is 1. The molecule has 134 valence electrons. The average molecular weight is 346 g/mol. The van der Waals surface area contributed by atoms with Crippen molar-refractivity contribution in [2.24, 2.45) is 0 Å². The molecule has 1 amide bonds. The first kappa shape index (κ1) is 16.9. The van der Waals surface area contributed by atoms with Gasteiger partial charge >= 0.3 is 0 Å². The predicted molar refractivity (Wildman–Crippen MR) is 107 cm³/mol. The van der Waals surface area contributed by atoms with Gasteiger partial charge < -0.3 is 10.3 Å². The number of H-pyrrole nitrogens is 1. The van der Waals surface area contributed by atoms with Crippen LogP contribution in [-0.4, -0.2) is 16.9 Å². The molecule has 0 aliphatic heterocycles. The number of carbonyl (C=O) groups is 1. The van der Waals surface area contributed by atoms with Gasteiger partial charge in [-0.3, -0.25) is 4.79 Å². The molecule has 0 spiro atoms. The summed E-state index contributed by atoms with van der Waals surface area (Å²) < 4.78 is 0. The summed E-state index contributed by atoms with van der Waals surface area (Å²) in [5, 5.41) is 4.40. The molecule has 0 radical (unpaired) electrons. The van der Waals surface area contributed by atoms with Gasteiger partial charge in [-0.15, -0.1) is 0 Å². The number of hydrogen-bond donors (Lipinski definition) is 2. The number of nitrogens with one attached hydrogen (secondary N) is 2. The molecule has 2 aromatic carbocycles. The fourth-order valence-electron chi connectivity index (χ4n) is 4.07. The van der Waals surface area contributed by atoms with Gasteiger partial charge in [0.1, 0.15) is 5.69 Å². The molecule has 1 fully saturated rings. The number of para-hydroxylation sites is 1. The Kier molecular flexibility index (Phi) is 5.05. The summed E-state index contributed by atoms with van der Waals surface area (Å²) in [6.45, 7) is 0. The Morgan fingerprint density at radius 1 is 0.846 bits per heavy atom. The molecule has 26 heavy (non-hydrogen) atoms. The van der Waals surface area contributed by atoms with E-state index in [0.717, 1.165) is 34.9 Å². The monoisotopic (exact) mass is 346 g/mol. The first-order valence-electron chi connectivity index (χ1n) is 9.80. The van der Waals surface area contributed by atoms with Gasteiger partial charge in [0, 0.05) is 22.5 Å². The van der Waals surface area contributed by atoms with Crippen molar-refractivity contribution in [3.05, 3.63) is 60.3 Å². The maximum Gasteiger partial charge on any atom is 0.268 e. The normalized spacial score (nSPS) is 16.2. The quantitative estimate of drug-likeness (QED) is 0.630. The van der Waals surface area contributed by atoms with Gasteiger partial charge in [-0.25, -0.2) is 0 Å². The maximum absolute atomic E-state index is 13.1. The second-order valence-electron chi connectivity index (χ2n) is 7.30. The van der Waals surface area contributed by atoms with Gasteiger partial charge in [0.05, 0.1) is 0 Å². The van der Waals surface area contributed by atoms with Crippen molar-refractivity contribution in [3.8, 4) is 11.1 Å². The minimum Gasteiger partial charge on any atom is -0.350 e. The Labute approximate surface area is 154 Å². The molecular formula is C23H26N2O. The third-order valence-corrected chi connectivity index (χ3v) is 5.44. The van der Waals surface area contributed by atoms with Gasteiger partial charge in [-0.2, -0.15) is 0 Å². The number of benzene rings is 2. The molecule has 0 bridgehead atoms. The van der Waals surface area contributed by atoms with E-state index >= 15 is 0 Å². The number of carbonyl (C=O) groups excluding carboxylic acids is 1. The van der Waals surface area contributed by atoms with Crippen LogP contribution in [0, 0.1) is 0 Å². The molecule has 1 aromatic heterocycles. The predicted octanol–water partition coefficient (Wildman–Crippen LogP) is 5.68. The number of hydrogen-bond acceptors (Lipinski definition) is 1. The molecule has 0 unspecified atom stereocenters. The zero-order valence-electron chi connectivity index (χ0n) is 15.1. The van der Waals surface area contributed by atoms with Crippen molar-refractivity contribution in [1.29, 1.82) is 0 Å². The SMILES string of the molecule is O=C(NC1CCCCCCC1)c1[nH]c2ccccc2c1-c1ccccc1. The molecule has 1 saturated carbocycles. The molecule has 1 heterocycles. The Balaban J connectivity index is 1.68. The third-order valence-electron chi connectivity index (χ3n) is 5.44. The van der Waals surface area contributed by atoms with Crippen LogP contribution in [0.25, 0.3) is 22.0 Å². The first-order chi connectivity index (χ1) is 12.8. The summed E-state index contributed by atoms with van der Waals surface area (Å²) >= 11 is 0. The second-order valence-corrected chi connectivity index (χ2v) is 7.30. The number of aromatic nitrogens is 1. The van der Waals surface area contributed by atoms with E-state index in [1.165, 1.54) is 32.1 Å². The number of rotatable bonds is 3. The van der Waals surface area contributed by atoms with Gasteiger partial charge in [0.2, 0.25) is 0 Å². The Morgan fingerprint density at radius 3 is 2.27 bits per heavy atom. The molecule has 3 heteroatoms. The van der Waals surface area contributed by atoms with Crippen LogP contribution >= 0.6 is 0 Å². The Morgan fingerprint density at radius 2 is 1.50 bits per heavy atom. The standard InChI is InChI=1S/C23H26N2O/c26-23(24-18-13-7-2-1-3-8-14-18)22-21(17-11-5-4-6-12-17)19-15-9-10-16-20(19)25-22/h4-6,9-12,15-16,18,25H,1-3,7-8,13-14H2,(H,24,26). The van der Waals surface area contributed by atoms with Crippen LogP contribution in [0.4, 0.5) is 0 Å². The molecule has 4 rings (SSSR count). The topological polar surface area (TPSA) is 44.9 Å². The summed E-state index contributed by atoms with van der Waals surface area (Å²) in [7, 11) is 0. The summed E-state index contributed by atoms with van der Waals surface area (Å²) in [6.07, 6.45) is 8.51. The van der Waals surface area contributed by atoms with Crippen LogP contribution < -0.4 is 5.32 Å². The van der Waals surface area contributed by atoms with Crippen LogP contribution in [-0.2, 0) is 0 Å². The van der Waals surface area contributed by atoms with Crippen molar-refractivity contribution in [3.63, 3.8) is 0 Å². The lowest BCUT2D eigenvalue weighted by atomic mass is 9.96. The fourth-order valence-corrected chi connectivity index (χ4v) is 4.07. The van der Waals surface area contributed by atoms with Crippen molar-refractivity contribution < 1.29 is 4.79 Å².